The van der Waals surface area contributed by atoms with Crippen molar-refractivity contribution in [2.45, 2.75) is 25.3 Å². The number of nitrogens with one attached hydrogen (secondary N) is 1. The van der Waals surface area contributed by atoms with E-state index in [0.29, 0.717) is 12.0 Å². The lowest BCUT2D eigenvalue weighted by Crippen LogP contribution is -2.27. The number of benzene rings is 1. The zero-order valence-electron chi connectivity index (χ0n) is 9.91. The Balaban J connectivity index is 2.21. The molecule has 1 aliphatic rings. The highest BCUT2D eigenvalue weighted by Gasteiger charge is 2.26. The van der Waals surface area contributed by atoms with Gasteiger partial charge in [-0.3, -0.25) is 14.0 Å². The molecule has 0 heterocycles. The number of nitrogens with two attached hydrogens (primary N) is 1. The number of hydrogen-bond donors (Lipinski definition) is 2. The standard InChI is InChI=1S/C13H15FN2O2/c14-7-6-12(17)16-11-5-4-8-9(11)2-1-3-10(8)13(15)18/h1-3,11H,4-7H2,(H2,15,18)(H,16,17). The summed E-state index contributed by atoms with van der Waals surface area (Å²) >= 11 is 0. The largest absolute Gasteiger partial charge is 0.366 e. The Hall–Kier alpha value is -1.91. The summed E-state index contributed by atoms with van der Waals surface area (Å²) in [5.74, 6) is -0.762. The molecule has 3 N–H and O–H groups in total. The summed E-state index contributed by atoms with van der Waals surface area (Å²) in [5.41, 5.74) is 7.63. The van der Waals surface area contributed by atoms with Crippen LogP contribution in [0.15, 0.2) is 18.2 Å². The molecule has 0 bridgehead atoms. The number of primary amides is 1. The molecule has 2 amide bonds. The van der Waals surface area contributed by atoms with Gasteiger partial charge in [0.1, 0.15) is 0 Å². The van der Waals surface area contributed by atoms with Crippen molar-refractivity contribution in [3.63, 3.8) is 0 Å². The van der Waals surface area contributed by atoms with Crippen LogP contribution in [0.2, 0.25) is 0 Å². The third-order valence-corrected chi connectivity index (χ3v) is 3.19. The van der Waals surface area contributed by atoms with Gasteiger partial charge in [0.15, 0.2) is 0 Å². The fourth-order valence-corrected chi connectivity index (χ4v) is 2.39. The third-order valence-electron chi connectivity index (χ3n) is 3.19. The van der Waals surface area contributed by atoms with Gasteiger partial charge in [-0.2, -0.15) is 0 Å². The molecule has 0 saturated carbocycles. The number of carbonyl (C=O) groups is 2. The molecule has 1 atom stereocenters. The average Bonchev–Trinajstić information content (AvgIpc) is 2.72. The summed E-state index contributed by atoms with van der Waals surface area (Å²) in [7, 11) is 0. The minimum absolute atomic E-state index is 0.124. The van der Waals surface area contributed by atoms with Crippen molar-refractivity contribution in [1.29, 1.82) is 0 Å². The minimum atomic E-state index is -0.660. The second kappa shape index (κ2) is 5.16. The SMILES string of the molecule is NC(=O)c1cccc2c1CCC2NC(=O)CCF. The predicted molar refractivity (Wildman–Crippen MR) is 64.8 cm³/mol. The Kier molecular flexibility index (Phi) is 3.60. The maximum absolute atomic E-state index is 12.1. The van der Waals surface area contributed by atoms with Crippen LogP contribution in [0.3, 0.4) is 0 Å². The summed E-state index contributed by atoms with van der Waals surface area (Å²) < 4.78 is 12.1. The first-order chi connectivity index (χ1) is 8.63. The second-order valence-corrected chi connectivity index (χ2v) is 4.34. The fraction of sp³-hybridized carbons (Fsp3) is 0.385. The molecule has 96 valence electrons. The van der Waals surface area contributed by atoms with Crippen molar-refractivity contribution in [3.05, 3.63) is 34.9 Å². The quantitative estimate of drug-likeness (QED) is 0.844. The fourth-order valence-electron chi connectivity index (χ4n) is 2.39. The molecule has 2 rings (SSSR count). The first kappa shape index (κ1) is 12.5. The maximum atomic E-state index is 12.1. The Morgan fingerprint density at radius 3 is 2.89 bits per heavy atom. The number of rotatable bonds is 4. The van der Waals surface area contributed by atoms with Gasteiger partial charge in [-0.05, 0) is 30.0 Å². The summed E-state index contributed by atoms with van der Waals surface area (Å²) in [6, 6.07) is 5.17. The van der Waals surface area contributed by atoms with Crippen LogP contribution >= 0.6 is 0 Å². The molecule has 1 aliphatic carbocycles. The molecule has 0 saturated heterocycles. The monoisotopic (exact) mass is 250 g/mol. The average molecular weight is 250 g/mol. The van der Waals surface area contributed by atoms with E-state index in [1.165, 1.54) is 0 Å². The first-order valence-electron chi connectivity index (χ1n) is 5.90. The molecule has 18 heavy (non-hydrogen) atoms. The van der Waals surface area contributed by atoms with Crippen molar-refractivity contribution in [2.24, 2.45) is 5.73 Å². The molecule has 1 aromatic rings. The number of amides is 2. The number of fused-ring (bicyclic) bond motifs is 1. The van der Waals surface area contributed by atoms with Gasteiger partial charge in [0.2, 0.25) is 11.8 Å². The van der Waals surface area contributed by atoms with Crippen molar-refractivity contribution in [3.8, 4) is 0 Å². The Labute approximate surface area is 104 Å². The van der Waals surface area contributed by atoms with Crippen molar-refractivity contribution < 1.29 is 14.0 Å². The van der Waals surface area contributed by atoms with Crippen molar-refractivity contribution in [2.75, 3.05) is 6.67 Å². The predicted octanol–water partition coefficient (Wildman–Crippen LogP) is 1.25. The lowest BCUT2D eigenvalue weighted by atomic mass is 10.0. The molecule has 0 spiro atoms. The molecule has 0 aliphatic heterocycles. The first-order valence-corrected chi connectivity index (χ1v) is 5.90. The summed E-state index contributed by atoms with van der Waals surface area (Å²) in [4.78, 5) is 22.7. The lowest BCUT2D eigenvalue weighted by Gasteiger charge is -2.14. The van der Waals surface area contributed by atoms with Gasteiger partial charge in [-0.15, -0.1) is 0 Å². The van der Waals surface area contributed by atoms with E-state index in [-0.39, 0.29) is 18.4 Å². The van der Waals surface area contributed by atoms with Gasteiger partial charge in [0.25, 0.3) is 0 Å². The highest BCUT2D eigenvalue weighted by Crippen LogP contribution is 2.33. The Bertz CT molecular complexity index is 488. The number of carbonyl (C=O) groups excluding carboxylic acids is 2. The van der Waals surface area contributed by atoms with E-state index < -0.39 is 12.6 Å². The van der Waals surface area contributed by atoms with Gasteiger partial charge in [-0.1, -0.05) is 12.1 Å². The van der Waals surface area contributed by atoms with Crippen LogP contribution in [0.25, 0.3) is 0 Å². The van der Waals surface area contributed by atoms with Crippen molar-refractivity contribution >= 4 is 11.8 Å². The summed E-state index contributed by atoms with van der Waals surface area (Å²) in [6.45, 7) is -0.660. The summed E-state index contributed by atoms with van der Waals surface area (Å²) in [5, 5.41) is 2.77. The third kappa shape index (κ3) is 2.34. The van der Waals surface area contributed by atoms with Crippen LogP contribution in [0.1, 0.15) is 40.4 Å². The van der Waals surface area contributed by atoms with Crippen molar-refractivity contribution in [1.82, 2.24) is 5.32 Å². The topological polar surface area (TPSA) is 72.2 Å². The molecule has 0 aromatic heterocycles. The van der Waals surface area contributed by atoms with Crippen LogP contribution in [0.4, 0.5) is 4.39 Å². The number of hydrogen-bond acceptors (Lipinski definition) is 2. The zero-order chi connectivity index (χ0) is 13.1. The van der Waals surface area contributed by atoms with Crippen LogP contribution < -0.4 is 11.1 Å². The van der Waals surface area contributed by atoms with E-state index in [1.807, 2.05) is 6.07 Å². The van der Waals surface area contributed by atoms with Gasteiger partial charge in [0, 0.05) is 5.56 Å². The highest BCUT2D eigenvalue weighted by atomic mass is 19.1. The van der Waals surface area contributed by atoms with Gasteiger partial charge < -0.3 is 11.1 Å². The van der Waals surface area contributed by atoms with Crippen LogP contribution in [0, 0.1) is 0 Å². The minimum Gasteiger partial charge on any atom is -0.366 e. The highest BCUT2D eigenvalue weighted by molar-refractivity contribution is 5.95. The molecule has 1 unspecified atom stereocenters. The number of halogens is 1. The van der Waals surface area contributed by atoms with E-state index in [9.17, 15) is 14.0 Å². The normalized spacial score (nSPS) is 17.3. The van der Waals surface area contributed by atoms with E-state index >= 15 is 0 Å². The molecule has 0 radical (unpaired) electrons. The van der Waals surface area contributed by atoms with E-state index in [0.717, 1.165) is 17.5 Å². The zero-order valence-corrected chi connectivity index (χ0v) is 9.91. The number of alkyl halides is 1. The van der Waals surface area contributed by atoms with Crippen LogP contribution in [0.5, 0.6) is 0 Å². The van der Waals surface area contributed by atoms with Crippen LogP contribution in [-0.2, 0) is 11.2 Å². The molecule has 1 aromatic carbocycles. The van der Waals surface area contributed by atoms with Crippen LogP contribution in [-0.4, -0.2) is 18.5 Å². The lowest BCUT2D eigenvalue weighted by molar-refractivity contribution is -0.122. The van der Waals surface area contributed by atoms with Gasteiger partial charge in [0.05, 0.1) is 19.1 Å². The molecule has 5 heteroatoms. The van der Waals surface area contributed by atoms with Gasteiger partial charge >= 0.3 is 0 Å². The molecular weight excluding hydrogens is 235 g/mol. The van der Waals surface area contributed by atoms with Gasteiger partial charge in [-0.25, -0.2) is 0 Å². The summed E-state index contributed by atoms with van der Waals surface area (Å²) in [6.07, 6.45) is 1.30. The van der Waals surface area contributed by atoms with E-state index in [2.05, 4.69) is 5.32 Å². The molecule has 4 nitrogen and oxygen atoms in total. The Morgan fingerprint density at radius 2 is 2.22 bits per heavy atom. The Morgan fingerprint density at radius 1 is 1.44 bits per heavy atom. The smallest absolute Gasteiger partial charge is 0.248 e. The molecule has 0 fully saturated rings. The maximum Gasteiger partial charge on any atom is 0.248 e. The van der Waals surface area contributed by atoms with E-state index in [4.69, 9.17) is 5.73 Å². The van der Waals surface area contributed by atoms with E-state index in [1.54, 1.807) is 12.1 Å². The molecular formula is C13H15FN2O2. The second-order valence-electron chi connectivity index (χ2n) is 4.34.